The van der Waals surface area contributed by atoms with E-state index in [9.17, 15) is 8.42 Å². The molecule has 0 saturated heterocycles. The molecule has 0 amide bonds. The monoisotopic (exact) mass is 240 g/mol. The molecule has 0 atom stereocenters. The molecule has 5 heteroatoms. The third kappa shape index (κ3) is 2.84. The molecule has 0 radical (unpaired) electrons. The van der Waals surface area contributed by atoms with Crippen molar-refractivity contribution in [3.63, 3.8) is 0 Å². The molecule has 0 unspecified atom stereocenters. The van der Waals surface area contributed by atoms with E-state index in [1.165, 1.54) is 0 Å². The van der Waals surface area contributed by atoms with E-state index in [4.69, 9.17) is 4.42 Å². The molecule has 1 aromatic heterocycles. The lowest BCUT2D eigenvalue weighted by Gasteiger charge is -2.01. The van der Waals surface area contributed by atoms with Crippen LogP contribution in [-0.2, 0) is 20.7 Å². The van der Waals surface area contributed by atoms with Gasteiger partial charge in [-0.2, -0.15) is 8.42 Å². The Morgan fingerprint density at radius 2 is 2.12 bits per heavy atom. The minimum atomic E-state index is -3.35. The summed E-state index contributed by atoms with van der Waals surface area (Å²) in [5.41, 5.74) is 1.79. The average molecular weight is 240 g/mol. The topological polar surface area (TPSA) is 56.5 Å². The van der Waals surface area contributed by atoms with E-state index in [-0.39, 0.29) is 6.61 Å². The van der Waals surface area contributed by atoms with Crippen LogP contribution >= 0.6 is 0 Å². The molecule has 0 aliphatic rings. The Morgan fingerprint density at radius 3 is 2.88 bits per heavy atom. The van der Waals surface area contributed by atoms with Gasteiger partial charge < -0.3 is 4.42 Å². The van der Waals surface area contributed by atoms with Crippen LogP contribution in [0.5, 0.6) is 0 Å². The highest BCUT2D eigenvalue weighted by atomic mass is 32.2. The van der Waals surface area contributed by atoms with E-state index in [0.29, 0.717) is 6.42 Å². The zero-order chi connectivity index (χ0) is 11.6. The first-order valence-electron chi connectivity index (χ1n) is 4.85. The molecule has 86 valence electrons. The minimum Gasteiger partial charge on any atom is -0.464 e. The first-order chi connectivity index (χ1) is 7.54. The van der Waals surface area contributed by atoms with Gasteiger partial charge in [0.25, 0.3) is 10.1 Å². The van der Waals surface area contributed by atoms with Crippen LogP contribution in [0.15, 0.2) is 34.9 Å². The predicted molar refractivity (Wildman–Crippen MR) is 60.7 cm³/mol. The van der Waals surface area contributed by atoms with Gasteiger partial charge in [-0.3, -0.25) is 4.18 Å². The molecule has 1 heterocycles. The SMILES string of the molecule is CS(=O)(=O)OCCc1ccc2ccoc2c1. The fourth-order valence-corrected chi connectivity index (χ4v) is 1.85. The van der Waals surface area contributed by atoms with Crippen molar-refractivity contribution in [3.05, 3.63) is 36.1 Å². The number of hydrogen-bond acceptors (Lipinski definition) is 4. The van der Waals surface area contributed by atoms with E-state index in [1.54, 1.807) is 6.26 Å². The maximum atomic E-state index is 10.8. The highest BCUT2D eigenvalue weighted by Gasteiger charge is 2.03. The van der Waals surface area contributed by atoms with Crippen LogP contribution in [0, 0.1) is 0 Å². The number of hydrogen-bond donors (Lipinski definition) is 0. The van der Waals surface area contributed by atoms with Crippen molar-refractivity contribution in [1.82, 2.24) is 0 Å². The average Bonchev–Trinajstić information content (AvgIpc) is 2.62. The lowest BCUT2D eigenvalue weighted by molar-refractivity contribution is 0.326. The lowest BCUT2D eigenvalue weighted by Crippen LogP contribution is -2.06. The highest BCUT2D eigenvalue weighted by molar-refractivity contribution is 7.85. The summed E-state index contributed by atoms with van der Waals surface area (Å²) < 4.78 is 31.4. The van der Waals surface area contributed by atoms with Gasteiger partial charge in [-0.1, -0.05) is 12.1 Å². The van der Waals surface area contributed by atoms with E-state index < -0.39 is 10.1 Å². The van der Waals surface area contributed by atoms with Gasteiger partial charge in [-0.15, -0.1) is 0 Å². The number of furan rings is 1. The Balaban J connectivity index is 2.04. The molecule has 0 aliphatic carbocycles. The van der Waals surface area contributed by atoms with E-state index in [0.717, 1.165) is 22.8 Å². The summed E-state index contributed by atoms with van der Waals surface area (Å²) in [4.78, 5) is 0. The van der Waals surface area contributed by atoms with Crippen LogP contribution in [0.4, 0.5) is 0 Å². The molecule has 16 heavy (non-hydrogen) atoms. The van der Waals surface area contributed by atoms with Crippen LogP contribution in [0.1, 0.15) is 5.56 Å². The third-order valence-electron chi connectivity index (χ3n) is 2.21. The van der Waals surface area contributed by atoms with Gasteiger partial charge in [0.1, 0.15) is 5.58 Å². The van der Waals surface area contributed by atoms with Crippen LogP contribution in [0.2, 0.25) is 0 Å². The molecule has 2 aromatic rings. The van der Waals surface area contributed by atoms with Gasteiger partial charge in [0.2, 0.25) is 0 Å². The molecule has 0 spiro atoms. The Kier molecular flexibility index (Phi) is 2.98. The second kappa shape index (κ2) is 4.27. The van der Waals surface area contributed by atoms with Crippen molar-refractivity contribution in [2.45, 2.75) is 6.42 Å². The Morgan fingerprint density at radius 1 is 1.31 bits per heavy atom. The van der Waals surface area contributed by atoms with Crippen molar-refractivity contribution >= 4 is 21.1 Å². The highest BCUT2D eigenvalue weighted by Crippen LogP contribution is 2.17. The largest absolute Gasteiger partial charge is 0.464 e. The summed E-state index contributed by atoms with van der Waals surface area (Å²) in [5, 5.41) is 1.03. The van der Waals surface area contributed by atoms with E-state index in [1.807, 2.05) is 24.3 Å². The molecular formula is C11H12O4S. The summed E-state index contributed by atoms with van der Waals surface area (Å²) in [5.74, 6) is 0. The van der Waals surface area contributed by atoms with Crippen LogP contribution in [0.3, 0.4) is 0 Å². The third-order valence-corrected chi connectivity index (χ3v) is 2.80. The summed E-state index contributed by atoms with van der Waals surface area (Å²) in [6.45, 7) is 0.158. The Hall–Kier alpha value is -1.33. The first-order valence-corrected chi connectivity index (χ1v) is 6.67. The van der Waals surface area contributed by atoms with Gasteiger partial charge in [0.05, 0.1) is 19.1 Å². The number of rotatable bonds is 4. The van der Waals surface area contributed by atoms with E-state index >= 15 is 0 Å². The lowest BCUT2D eigenvalue weighted by atomic mass is 10.1. The number of fused-ring (bicyclic) bond motifs is 1. The molecule has 0 N–H and O–H groups in total. The minimum absolute atomic E-state index is 0.158. The smallest absolute Gasteiger partial charge is 0.264 e. The fraction of sp³-hybridized carbons (Fsp3) is 0.273. The molecule has 1 aromatic carbocycles. The molecule has 2 rings (SSSR count). The molecular weight excluding hydrogens is 228 g/mol. The zero-order valence-electron chi connectivity index (χ0n) is 8.84. The van der Waals surface area contributed by atoms with Crippen LogP contribution in [0.25, 0.3) is 11.0 Å². The van der Waals surface area contributed by atoms with Gasteiger partial charge in [0.15, 0.2) is 0 Å². The molecule has 0 fully saturated rings. The number of benzene rings is 1. The molecule has 0 saturated carbocycles. The molecule has 0 bridgehead atoms. The van der Waals surface area contributed by atoms with Gasteiger partial charge in [-0.25, -0.2) is 0 Å². The maximum absolute atomic E-state index is 10.8. The van der Waals surface area contributed by atoms with Crippen molar-refractivity contribution in [2.24, 2.45) is 0 Å². The molecule has 0 aliphatic heterocycles. The summed E-state index contributed by atoms with van der Waals surface area (Å²) in [6, 6.07) is 7.64. The molecule has 4 nitrogen and oxygen atoms in total. The maximum Gasteiger partial charge on any atom is 0.264 e. The zero-order valence-corrected chi connectivity index (χ0v) is 9.66. The predicted octanol–water partition coefficient (Wildman–Crippen LogP) is 1.95. The van der Waals surface area contributed by atoms with Crippen molar-refractivity contribution in [1.29, 1.82) is 0 Å². The second-order valence-corrected chi connectivity index (χ2v) is 5.21. The van der Waals surface area contributed by atoms with Crippen molar-refractivity contribution < 1.29 is 17.0 Å². The Labute approximate surface area is 94.0 Å². The van der Waals surface area contributed by atoms with Crippen LogP contribution < -0.4 is 0 Å². The van der Waals surface area contributed by atoms with Crippen molar-refractivity contribution in [3.8, 4) is 0 Å². The normalized spacial score (nSPS) is 12.1. The van der Waals surface area contributed by atoms with Gasteiger partial charge in [-0.05, 0) is 24.1 Å². The first kappa shape index (κ1) is 11.2. The summed E-state index contributed by atoms with van der Waals surface area (Å²) in [6.07, 6.45) is 3.22. The van der Waals surface area contributed by atoms with Gasteiger partial charge >= 0.3 is 0 Å². The second-order valence-electron chi connectivity index (χ2n) is 3.57. The van der Waals surface area contributed by atoms with E-state index in [2.05, 4.69) is 4.18 Å². The van der Waals surface area contributed by atoms with Crippen LogP contribution in [-0.4, -0.2) is 21.3 Å². The fourth-order valence-electron chi connectivity index (χ4n) is 1.47. The Bertz CT molecular complexity index is 583. The van der Waals surface area contributed by atoms with Crippen molar-refractivity contribution in [2.75, 3.05) is 12.9 Å². The summed E-state index contributed by atoms with van der Waals surface area (Å²) in [7, 11) is -3.35. The van der Waals surface area contributed by atoms with Gasteiger partial charge in [0, 0.05) is 5.39 Å². The summed E-state index contributed by atoms with van der Waals surface area (Å²) >= 11 is 0. The quantitative estimate of drug-likeness (QED) is 0.766. The standard InChI is InChI=1S/C11H12O4S/c1-16(12,13)15-7-4-9-2-3-10-5-6-14-11(10)8-9/h2-3,5-6,8H,4,7H2,1H3.